The predicted molar refractivity (Wildman–Crippen MR) is 68.4 cm³/mol. The summed E-state index contributed by atoms with van der Waals surface area (Å²) in [5, 5.41) is 0. The summed E-state index contributed by atoms with van der Waals surface area (Å²) in [4.78, 5) is 13.6. The average Bonchev–Trinajstić information content (AvgIpc) is 3.13. The van der Waals surface area contributed by atoms with Crippen LogP contribution in [0.1, 0.15) is 18.4 Å². The van der Waals surface area contributed by atoms with Crippen molar-refractivity contribution in [1.82, 2.24) is 4.90 Å². The summed E-state index contributed by atoms with van der Waals surface area (Å²) in [5.41, 5.74) is 5.95. The molecule has 0 heterocycles. The van der Waals surface area contributed by atoms with Gasteiger partial charge in [0.25, 0.3) is 0 Å². The second kappa shape index (κ2) is 5.25. The largest absolute Gasteiger partial charge is 0.345 e. The van der Waals surface area contributed by atoms with E-state index < -0.39 is 11.6 Å². The quantitative estimate of drug-likeness (QED) is 0.883. The van der Waals surface area contributed by atoms with E-state index >= 15 is 0 Å². The molecule has 0 bridgehead atoms. The summed E-state index contributed by atoms with van der Waals surface area (Å²) >= 11 is 0. The molecule has 1 saturated carbocycles. The standard InChI is InChI=1S/C14H18F2N2O/c1-18(9-14(8-17)4-5-14)13(19)6-10-2-3-11(15)7-12(10)16/h2-3,7H,4-6,8-9,17H2,1H3. The zero-order valence-corrected chi connectivity index (χ0v) is 11.0. The summed E-state index contributed by atoms with van der Waals surface area (Å²) < 4.78 is 26.2. The van der Waals surface area contributed by atoms with Crippen LogP contribution in [-0.2, 0) is 11.2 Å². The van der Waals surface area contributed by atoms with Gasteiger partial charge in [0.1, 0.15) is 11.6 Å². The van der Waals surface area contributed by atoms with Crippen molar-refractivity contribution in [3.05, 3.63) is 35.4 Å². The SMILES string of the molecule is CN(CC1(CN)CC1)C(=O)Cc1ccc(F)cc1F. The number of benzene rings is 1. The van der Waals surface area contributed by atoms with Gasteiger partial charge in [0.05, 0.1) is 6.42 Å². The van der Waals surface area contributed by atoms with Gasteiger partial charge < -0.3 is 10.6 Å². The maximum Gasteiger partial charge on any atom is 0.226 e. The van der Waals surface area contributed by atoms with Gasteiger partial charge in [-0.3, -0.25) is 4.79 Å². The van der Waals surface area contributed by atoms with E-state index in [2.05, 4.69) is 0 Å². The Morgan fingerprint density at radius 2 is 2.11 bits per heavy atom. The smallest absolute Gasteiger partial charge is 0.226 e. The van der Waals surface area contributed by atoms with Crippen molar-refractivity contribution in [2.24, 2.45) is 11.1 Å². The fraction of sp³-hybridized carbons (Fsp3) is 0.500. The first-order valence-corrected chi connectivity index (χ1v) is 6.34. The van der Waals surface area contributed by atoms with Gasteiger partial charge in [-0.25, -0.2) is 8.78 Å². The average molecular weight is 268 g/mol. The number of nitrogens with zero attached hydrogens (tertiary/aromatic N) is 1. The lowest BCUT2D eigenvalue weighted by Crippen LogP contribution is -2.36. The van der Waals surface area contributed by atoms with Crippen molar-refractivity contribution in [3.63, 3.8) is 0 Å². The van der Waals surface area contributed by atoms with Crippen LogP contribution in [0, 0.1) is 17.0 Å². The van der Waals surface area contributed by atoms with Crippen molar-refractivity contribution in [2.75, 3.05) is 20.1 Å². The van der Waals surface area contributed by atoms with Gasteiger partial charge in [0.15, 0.2) is 0 Å². The summed E-state index contributed by atoms with van der Waals surface area (Å²) in [5.74, 6) is -1.49. The summed E-state index contributed by atoms with van der Waals surface area (Å²) in [6.45, 7) is 1.17. The molecule has 3 nitrogen and oxygen atoms in total. The molecule has 1 amide bonds. The minimum atomic E-state index is -0.679. The maximum atomic E-state index is 13.5. The lowest BCUT2D eigenvalue weighted by molar-refractivity contribution is -0.129. The summed E-state index contributed by atoms with van der Waals surface area (Å²) in [7, 11) is 1.69. The van der Waals surface area contributed by atoms with Crippen LogP contribution < -0.4 is 5.73 Å². The summed E-state index contributed by atoms with van der Waals surface area (Å²) in [6.07, 6.45) is 2.02. The first-order chi connectivity index (χ1) is 8.96. The van der Waals surface area contributed by atoms with Crippen LogP contribution in [0.4, 0.5) is 8.78 Å². The van der Waals surface area contributed by atoms with Crippen molar-refractivity contribution in [2.45, 2.75) is 19.3 Å². The third-order valence-electron chi connectivity index (χ3n) is 3.75. The first-order valence-electron chi connectivity index (χ1n) is 6.34. The third kappa shape index (κ3) is 3.29. The van der Waals surface area contributed by atoms with Crippen LogP contribution in [0.3, 0.4) is 0 Å². The number of carbonyl (C=O) groups is 1. The Bertz CT molecular complexity index is 486. The normalized spacial score (nSPS) is 16.2. The molecule has 0 unspecified atom stereocenters. The van der Waals surface area contributed by atoms with Gasteiger partial charge in [-0.15, -0.1) is 0 Å². The van der Waals surface area contributed by atoms with E-state index in [1.807, 2.05) is 0 Å². The van der Waals surface area contributed by atoms with Crippen LogP contribution in [-0.4, -0.2) is 30.9 Å². The minimum Gasteiger partial charge on any atom is -0.345 e. The third-order valence-corrected chi connectivity index (χ3v) is 3.75. The number of halogens is 2. The fourth-order valence-electron chi connectivity index (χ4n) is 2.16. The zero-order valence-electron chi connectivity index (χ0n) is 11.0. The molecule has 0 spiro atoms. The molecule has 1 aliphatic rings. The van der Waals surface area contributed by atoms with E-state index in [9.17, 15) is 13.6 Å². The predicted octanol–water partition coefficient (Wildman–Crippen LogP) is 1.70. The van der Waals surface area contributed by atoms with Gasteiger partial charge in [0.2, 0.25) is 5.91 Å². The number of carbonyl (C=O) groups excluding carboxylic acids is 1. The highest BCUT2D eigenvalue weighted by Crippen LogP contribution is 2.44. The van der Waals surface area contributed by atoms with Crippen LogP contribution in [0.5, 0.6) is 0 Å². The molecule has 2 rings (SSSR count). The Kier molecular flexibility index (Phi) is 3.85. The molecule has 104 valence electrons. The molecule has 1 aliphatic carbocycles. The first kappa shape index (κ1) is 13.9. The van der Waals surface area contributed by atoms with Gasteiger partial charge in [-0.1, -0.05) is 6.07 Å². The molecule has 1 aromatic rings. The number of hydrogen-bond acceptors (Lipinski definition) is 2. The molecule has 19 heavy (non-hydrogen) atoms. The van der Waals surface area contributed by atoms with Crippen molar-refractivity contribution in [1.29, 1.82) is 0 Å². The van der Waals surface area contributed by atoms with Gasteiger partial charge in [-0.05, 0) is 31.0 Å². The van der Waals surface area contributed by atoms with Crippen LogP contribution in [0.15, 0.2) is 18.2 Å². The molecule has 1 aromatic carbocycles. The van der Waals surface area contributed by atoms with Crippen LogP contribution in [0.25, 0.3) is 0 Å². The topological polar surface area (TPSA) is 46.3 Å². The fourth-order valence-corrected chi connectivity index (χ4v) is 2.16. The van der Waals surface area contributed by atoms with Crippen molar-refractivity contribution in [3.8, 4) is 0 Å². The highest BCUT2D eigenvalue weighted by atomic mass is 19.1. The molecule has 0 aromatic heterocycles. The monoisotopic (exact) mass is 268 g/mol. The van der Waals surface area contributed by atoms with Crippen LogP contribution >= 0.6 is 0 Å². The lowest BCUT2D eigenvalue weighted by Gasteiger charge is -2.23. The Balaban J connectivity index is 1.96. The van der Waals surface area contributed by atoms with E-state index in [1.54, 1.807) is 11.9 Å². The Morgan fingerprint density at radius 1 is 1.42 bits per heavy atom. The summed E-state index contributed by atoms with van der Waals surface area (Å²) in [6, 6.07) is 3.27. The number of likely N-dealkylation sites (N-methyl/N-ethyl adjacent to an activating group) is 1. The number of hydrogen-bond donors (Lipinski definition) is 1. The Labute approximate surface area is 111 Å². The van der Waals surface area contributed by atoms with Gasteiger partial charge in [-0.2, -0.15) is 0 Å². The second-order valence-corrected chi connectivity index (χ2v) is 5.37. The zero-order chi connectivity index (χ0) is 14.0. The van der Waals surface area contributed by atoms with Crippen molar-refractivity contribution >= 4 is 5.91 Å². The van der Waals surface area contributed by atoms with E-state index in [4.69, 9.17) is 5.73 Å². The molecule has 0 radical (unpaired) electrons. The van der Waals surface area contributed by atoms with Gasteiger partial charge >= 0.3 is 0 Å². The Hall–Kier alpha value is -1.49. The molecular weight excluding hydrogens is 250 g/mol. The minimum absolute atomic E-state index is 0.0523. The van der Waals surface area contributed by atoms with E-state index in [0.717, 1.165) is 25.0 Å². The molecule has 5 heteroatoms. The highest BCUT2D eigenvalue weighted by Gasteiger charge is 2.42. The molecule has 0 aliphatic heterocycles. The molecule has 1 fully saturated rings. The highest BCUT2D eigenvalue weighted by molar-refractivity contribution is 5.78. The second-order valence-electron chi connectivity index (χ2n) is 5.37. The Morgan fingerprint density at radius 3 is 2.63 bits per heavy atom. The lowest BCUT2D eigenvalue weighted by atomic mass is 10.1. The molecular formula is C14H18F2N2O. The molecule has 0 atom stereocenters. The van der Waals surface area contributed by atoms with E-state index in [1.165, 1.54) is 6.07 Å². The van der Waals surface area contributed by atoms with E-state index in [-0.39, 0.29) is 23.3 Å². The number of rotatable bonds is 5. The molecule has 0 saturated heterocycles. The van der Waals surface area contributed by atoms with Crippen LogP contribution in [0.2, 0.25) is 0 Å². The number of amides is 1. The van der Waals surface area contributed by atoms with E-state index in [0.29, 0.717) is 13.1 Å². The molecule has 2 N–H and O–H groups in total. The number of nitrogens with two attached hydrogens (primary N) is 1. The maximum absolute atomic E-state index is 13.5. The van der Waals surface area contributed by atoms with Crippen molar-refractivity contribution < 1.29 is 13.6 Å². The van der Waals surface area contributed by atoms with Gasteiger partial charge in [0, 0.05) is 25.1 Å².